The maximum Gasteiger partial charge on any atom is 0.329 e. The molecule has 0 radical (unpaired) electrons. The van der Waals surface area contributed by atoms with Crippen molar-refractivity contribution < 1.29 is 62.5 Å². The van der Waals surface area contributed by atoms with E-state index in [1.807, 2.05) is 45.9 Å². The topological polar surface area (TPSA) is 177 Å². The molecule has 1 saturated carbocycles. The number of carbonyl (C=O) groups is 4. The number of hydrogen-bond acceptors (Lipinski definition) is 13. The van der Waals surface area contributed by atoms with Crippen LogP contribution in [0.25, 0.3) is 0 Å². The van der Waals surface area contributed by atoms with Crippen LogP contribution in [0, 0.1) is 29.6 Å². The van der Waals surface area contributed by atoms with Gasteiger partial charge in [0.25, 0.3) is 11.7 Å². The number of ether oxygens (including phenoxy) is 7. The summed E-state index contributed by atoms with van der Waals surface area (Å²) in [6.45, 7) is 11.9. The first-order chi connectivity index (χ1) is 31.5. The molecule has 14 atom stereocenters. The third-order valence-electron chi connectivity index (χ3n) is 14.7. The molecule has 1 amide bonds. The number of methoxy groups -OCH3 is 4. The van der Waals surface area contributed by atoms with E-state index in [1.165, 1.54) is 4.90 Å². The number of amides is 1. The van der Waals surface area contributed by atoms with Gasteiger partial charge in [-0.25, -0.2) is 4.79 Å². The van der Waals surface area contributed by atoms with E-state index in [2.05, 4.69) is 19.1 Å². The van der Waals surface area contributed by atoms with Gasteiger partial charge in [-0.2, -0.15) is 0 Å². The van der Waals surface area contributed by atoms with E-state index in [-0.39, 0.29) is 67.7 Å². The average Bonchev–Trinajstić information content (AvgIpc) is 3.32. The molecule has 4 aliphatic rings. The number of carbonyl (C=O) groups excluding carboxylic acids is 4. The highest BCUT2D eigenvalue weighted by Gasteiger charge is 2.56. The number of aliphatic hydroxyl groups excluding tert-OH is 1. The molecule has 14 heteroatoms. The predicted octanol–water partition coefficient (Wildman–Crippen LogP) is 7.27. The normalized spacial score (nSPS) is 35.5. The lowest BCUT2D eigenvalue weighted by atomic mass is 9.82. The van der Waals surface area contributed by atoms with Gasteiger partial charge in [0.15, 0.2) is 0 Å². The summed E-state index contributed by atoms with van der Waals surface area (Å²) in [5.74, 6) is -5.71. The van der Waals surface area contributed by atoms with Crippen LogP contribution in [0.5, 0.6) is 5.75 Å². The van der Waals surface area contributed by atoms with Crippen molar-refractivity contribution in [3.05, 3.63) is 53.1 Å². The molecular weight excluding hydrogens is 847 g/mol. The maximum absolute atomic E-state index is 14.5. The first-order valence-electron chi connectivity index (χ1n) is 24.3. The lowest BCUT2D eigenvalue weighted by molar-refractivity contribution is -0.302. The highest BCUT2D eigenvalue weighted by molar-refractivity contribution is 6.39. The Labute approximate surface area is 393 Å². The second kappa shape index (κ2) is 24.7. The first kappa shape index (κ1) is 53.5. The maximum atomic E-state index is 14.5. The van der Waals surface area contributed by atoms with Gasteiger partial charge >= 0.3 is 5.97 Å². The van der Waals surface area contributed by atoms with Crippen molar-refractivity contribution >= 4 is 23.4 Å². The van der Waals surface area contributed by atoms with E-state index in [9.17, 15) is 29.4 Å². The summed E-state index contributed by atoms with van der Waals surface area (Å²) in [5, 5.41) is 23.0. The SMILES string of the molecule is CCC1C=C(C)CC(C)CC(OC)C2OC(O)(C(=O)C(=O)N3CCCCC3C(=O)OC(C(C)=CC3CCC(OCC(O)c4cccc(OC)c4)C(OC)C3)C(C)CCC1=O)C(C)CC2OC. The molecule has 3 aliphatic heterocycles. The summed E-state index contributed by atoms with van der Waals surface area (Å²) in [6.07, 6.45) is 6.53. The van der Waals surface area contributed by atoms with Gasteiger partial charge in [-0.05, 0) is 125 Å². The second-order valence-electron chi connectivity index (χ2n) is 19.6. The average molecular weight is 926 g/mol. The molecule has 0 spiro atoms. The number of rotatable bonds is 11. The number of benzene rings is 1. The molecule has 370 valence electrons. The molecule has 66 heavy (non-hydrogen) atoms. The number of aliphatic hydroxyl groups is 2. The number of allylic oxidation sites excluding steroid dienone is 3. The molecular formula is C52H79NO13. The molecule has 14 nitrogen and oxygen atoms in total. The van der Waals surface area contributed by atoms with E-state index >= 15 is 0 Å². The van der Waals surface area contributed by atoms with Crippen LogP contribution in [0.3, 0.4) is 0 Å². The van der Waals surface area contributed by atoms with Crippen molar-refractivity contribution in [3.63, 3.8) is 0 Å². The highest BCUT2D eigenvalue weighted by Crippen LogP contribution is 2.39. The number of cyclic esters (lactones) is 1. The van der Waals surface area contributed by atoms with E-state index in [0.717, 1.165) is 17.6 Å². The van der Waals surface area contributed by atoms with Crippen LogP contribution in [-0.2, 0) is 47.6 Å². The Morgan fingerprint density at radius 1 is 0.924 bits per heavy atom. The lowest BCUT2D eigenvalue weighted by Crippen LogP contribution is -2.64. The van der Waals surface area contributed by atoms with Gasteiger partial charge in [-0.1, -0.05) is 57.6 Å². The van der Waals surface area contributed by atoms with Crippen LogP contribution >= 0.6 is 0 Å². The Hall–Kier alpha value is -3.50. The molecule has 5 rings (SSSR count). The smallest absolute Gasteiger partial charge is 0.329 e. The van der Waals surface area contributed by atoms with Crippen LogP contribution in [0.2, 0.25) is 0 Å². The van der Waals surface area contributed by atoms with Crippen molar-refractivity contribution in [2.24, 2.45) is 29.6 Å². The third-order valence-corrected chi connectivity index (χ3v) is 14.7. The number of piperidine rings is 1. The number of ketones is 2. The number of nitrogens with zero attached hydrogens (tertiary/aromatic N) is 1. The molecule has 1 aromatic carbocycles. The Kier molecular flexibility index (Phi) is 20.0. The number of esters is 1. The molecule has 3 fully saturated rings. The fraction of sp³-hybridized carbons (Fsp3) is 0.731. The predicted molar refractivity (Wildman–Crippen MR) is 248 cm³/mol. The van der Waals surface area contributed by atoms with Gasteiger partial charge in [-0.3, -0.25) is 14.4 Å². The Balaban J connectivity index is 1.42. The summed E-state index contributed by atoms with van der Waals surface area (Å²) in [7, 11) is 6.34. The zero-order chi connectivity index (χ0) is 48.3. The third kappa shape index (κ3) is 13.2. The molecule has 2 N–H and O–H groups in total. The van der Waals surface area contributed by atoms with Gasteiger partial charge in [0.05, 0.1) is 38.1 Å². The van der Waals surface area contributed by atoms with Crippen LogP contribution in [0.15, 0.2) is 47.6 Å². The van der Waals surface area contributed by atoms with Gasteiger partial charge in [0.2, 0.25) is 5.79 Å². The molecule has 1 aromatic rings. The second-order valence-corrected chi connectivity index (χ2v) is 19.6. The summed E-state index contributed by atoms with van der Waals surface area (Å²) >= 11 is 0. The molecule has 2 saturated heterocycles. The Morgan fingerprint density at radius 3 is 2.32 bits per heavy atom. The van der Waals surface area contributed by atoms with E-state index < -0.39 is 65.9 Å². The molecule has 14 unspecified atom stereocenters. The minimum atomic E-state index is -2.48. The summed E-state index contributed by atoms with van der Waals surface area (Å²) in [6, 6.07) is 6.21. The zero-order valence-corrected chi connectivity index (χ0v) is 41.2. The van der Waals surface area contributed by atoms with Crippen molar-refractivity contribution in [2.45, 2.75) is 173 Å². The van der Waals surface area contributed by atoms with Crippen molar-refractivity contribution in [1.29, 1.82) is 0 Å². The van der Waals surface area contributed by atoms with E-state index in [0.29, 0.717) is 69.1 Å². The van der Waals surface area contributed by atoms with Crippen LogP contribution in [-0.4, -0.2) is 129 Å². The van der Waals surface area contributed by atoms with Gasteiger partial charge in [0, 0.05) is 46.1 Å². The lowest BCUT2D eigenvalue weighted by Gasteiger charge is -2.47. The van der Waals surface area contributed by atoms with E-state index in [4.69, 9.17) is 33.2 Å². The van der Waals surface area contributed by atoms with Crippen molar-refractivity contribution in [1.82, 2.24) is 4.90 Å². The Bertz CT molecular complexity index is 1850. The quantitative estimate of drug-likeness (QED) is 0.129. The van der Waals surface area contributed by atoms with Gasteiger partial charge < -0.3 is 48.3 Å². The number of hydrogen-bond donors (Lipinski definition) is 2. The Morgan fingerprint density at radius 2 is 1.64 bits per heavy atom. The van der Waals surface area contributed by atoms with Crippen LogP contribution < -0.4 is 4.74 Å². The summed E-state index contributed by atoms with van der Waals surface area (Å²) in [4.78, 5) is 58.4. The van der Waals surface area contributed by atoms with Crippen molar-refractivity contribution in [2.75, 3.05) is 41.6 Å². The fourth-order valence-electron chi connectivity index (χ4n) is 10.7. The molecule has 2 bridgehead atoms. The number of fused-ring (bicyclic) bond motifs is 3. The van der Waals surface area contributed by atoms with Crippen LogP contribution in [0.1, 0.15) is 130 Å². The molecule has 1 aliphatic carbocycles. The summed E-state index contributed by atoms with van der Waals surface area (Å²) in [5.41, 5.74) is 2.59. The zero-order valence-electron chi connectivity index (χ0n) is 41.2. The minimum absolute atomic E-state index is 0.0543. The monoisotopic (exact) mass is 926 g/mol. The molecule has 0 aromatic heterocycles. The van der Waals surface area contributed by atoms with Gasteiger partial charge in [0.1, 0.15) is 35.9 Å². The minimum Gasteiger partial charge on any atom is -0.497 e. The standard InChI is InChI=1S/C52H79NO13/c1-11-37-24-31(2)23-32(3)25-45(62-9)48-46(63-10)27-35(6)52(59,66-48)49(56)50(57)53-22-13-12-17-40(53)51(58)65-47(33(4)18-20-41(37)54)34(5)26-36-19-21-43(44(28-36)61-8)64-30-42(55)38-15-14-16-39(29-38)60-7/h14-16,24,26,29,32-33,35-37,40,42-48,55,59H,11-13,17-23,25,27-28,30H2,1-10H3. The fourth-order valence-corrected chi connectivity index (χ4v) is 10.7. The first-order valence-corrected chi connectivity index (χ1v) is 24.3. The van der Waals surface area contributed by atoms with Gasteiger partial charge in [-0.15, -0.1) is 0 Å². The molecule has 3 heterocycles. The summed E-state index contributed by atoms with van der Waals surface area (Å²) < 4.78 is 42.1. The number of Topliss-reactive ketones (excluding diaryl/α,β-unsaturated/α-hetero) is 2. The van der Waals surface area contributed by atoms with E-state index in [1.54, 1.807) is 41.4 Å². The van der Waals surface area contributed by atoms with Crippen molar-refractivity contribution in [3.8, 4) is 5.75 Å². The largest absolute Gasteiger partial charge is 0.497 e. The van der Waals surface area contributed by atoms with Crippen LogP contribution in [0.4, 0.5) is 0 Å². The highest BCUT2D eigenvalue weighted by atomic mass is 16.7.